The van der Waals surface area contributed by atoms with Crippen LogP contribution in [0, 0.1) is 0 Å². The molecule has 1 heterocycles. The summed E-state index contributed by atoms with van der Waals surface area (Å²) in [6.07, 6.45) is 2.88. The molecule has 1 aliphatic rings. The minimum absolute atomic E-state index is 0.130. The summed E-state index contributed by atoms with van der Waals surface area (Å²) in [6, 6.07) is 8.29. The first kappa shape index (κ1) is 15.3. The van der Waals surface area contributed by atoms with E-state index in [4.69, 9.17) is 9.47 Å². The lowest BCUT2D eigenvalue weighted by Crippen LogP contribution is -2.35. The lowest BCUT2D eigenvalue weighted by molar-refractivity contribution is 0.0264. The first-order valence-electron chi connectivity index (χ1n) is 7.54. The van der Waals surface area contributed by atoms with Crippen LogP contribution in [0.3, 0.4) is 0 Å². The molecule has 1 N–H and O–H groups in total. The Bertz CT molecular complexity index is 425. The second kappa shape index (κ2) is 6.59. The molecule has 0 spiro atoms. The molecule has 0 radical (unpaired) electrons. The smallest absolute Gasteiger partial charge is 0.119 e. The molecule has 0 amide bonds. The highest BCUT2D eigenvalue weighted by Crippen LogP contribution is 2.21. The van der Waals surface area contributed by atoms with E-state index < -0.39 is 0 Å². The number of hydrogen-bond donors (Lipinski definition) is 1. The van der Waals surface area contributed by atoms with Crippen LogP contribution in [0.25, 0.3) is 0 Å². The van der Waals surface area contributed by atoms with E-state index in [1.807, 2.05) is 12.1 Å². The summed E-state index contributed by atoms with van der Waals surface area (Å²) in [6.45, 7) is 10.2. The normalized spacial score (nSPS) is 23.0. The highest BCUT2D eigenvalue weighted by Gasteiger charge is 2.22. The molecule has 1 fully saturated rings. The highest BCUT2D eigenvalue weighted by atomic mass is 16.5. The molecule has 112 valence electrons. The van der Waals surface area contributed by atoms with Crippen LogP contribution in [0.4, 0.5) is 0 Å². The summed E-state index contributed by atoms with van der Waals surface area (Å²) in [4.78, 5) is 0. The number of ether oxygens (including phenoxy) is 2. The van der Waals surface area contributed by atoms with E-state index in [2.05, 4.69) is 45.1 Å². The van der Waals surface area contributed by atoms with Crippen LogP contribution in [0.5, 0.6) is 5.75 Å². The van der Waals surface area contributed by atoms with Crippen molar-refractivity contribution in [2.24, 2.45) is 0 Å². The Balaban J connectivity index is 1.83. The SMILES string of the molecule is CC1CCC(COc2cccc(CNC(C)(C)C)c2)O1. The molecule has 1 aromatic carbocycles. The van der Waals surface area contributed by atoms with Crippen molar-refractivity contribution in [3.63, 3.8) is 0 Å². The summed E-state index contributed by atoms with van der Waals surface area (Å²) in [5.41, 5.74) is 1.38. The van der Waals surface area contributed by atoms with Crippen LogP contribution in [0.2, 0.25) is 0 Å². The molecule has 3 nitrogen and oxygen atoms in total. The van der Waals surface area contributed by atoms with Gasteiger partial charge in [-0.2, -0.15) is 0 Å². The zero-order valence-corrected chi connectivity index (χ0v) is 13.1. The third-order valence-electron chi connectivity index (χ3n) is 3.48. The molecule has 1 saturated heterocycles. The van der Waals surface area contributed by atoms with E-state index in [9.17, 15) is 0 Å². The maximum Gasteiger partial charge on any atom is 0.119 e. The minimum atomic E-state index is 0.130. The Morgan fingerprint density at radius 3 is 2.75 bits per heavy atom. The van der Waals surface area contributed by atoms with Gasteiger partial charge in [0.1, 0.15) is 12.4 Å². The van der Waals surface area contributed by atoms with E-state index >= 15 is 0 Å². The highest BCUT2D eigenvalue weighted by molar-refractivity contribution is 5.28. The van der Waals surface area contributed by atoms with Gasteiger partial charge in [-0.1, -0.05) is 12.1 Å². The van der Waals surface area contributed by atoms with E-state index in [1.165, 1.54) is 5.56 Å². The molecule has 2 unspecified atom stereocenters. The van der Waals surface area contributed by atoms with Crippen LogP contribution in [-0.4, -0.2) is 24.4 Å². The Morgan fingerprint density at radius 2 is 2.10 bits per heavy atom. The van der Waals surface area contributed by atoms with Gasteiger partial charge in [0, 0.05) is 12.1 Å². The van der Waals surface area contributed by atoms with Gasteiger partial charge in [-0.25, -0.2) is 0 Å². The Labute approximate surface area is 122 Å². The minimum Gasteiger partial charge on any atom is -0.491 e. The molecule has 1 aliphatic heterocycles. The molecule has 0 aromatic heterocycles. The summed E-state index contributed by atoms with van der Waals surface area (Å²) in [7, 11) is 0. The molecule has 0 aliphatic carbocycles. The van der Waals surface area contributed by atoms with Crippen molar-refractivity contribution >= 4 is 0 Å². The number of nitrogens with one attached hydrogen (secondary N) is 1. The largest absolute Gasteiger partial charge is 0.491 e. The lowest BCUT2D eigenvalue weighted by Gasteiger charge is -2.20. The van der Waals surface area contributed by atoms with Crippen molar-refractivity contribution in [1.82, 2.24) is 5.32 Å². The standard InChI is InChI=1S/C17H27NO2/c1-13-8-9-16(20-13)12-19-15-7-5-6-14(10-15)11-18-17(2,3)4/h5-7,10,13,16,18H,8-9,11-12H2,1-4H3. The summed E-state index contributed by atoms with van der Waals surface area (Å²) in [5.74, 6) is 0.932. The van der Waals surface area contributed by atoms with Crippen molar-refractivity contribution in [1.29, 1.82) is 0 Å². The third-order valence-corrected chi connectivity index (χ3v) is 3.48. The molecule has 3 heteroatoms. The van der Waals surface area contributed by atoms with E-state index in [0.29, 0.717) is 12.7 Å². The fourth-order valence-corrected chi connectivity index (χ4v) is 2.31. The average Bonchev–Trinajstić information content (AvgIpc) is 2.80. The van der Waals surface area contributed by atoms with Crippen LogP contribution >= 0.6 is 0 Å². The Hall–Kier alpha value is -1.06. The lowest BCUT2D eigenvalue weighted by atomic mass is 10.1. The van der Waals surface area contributed by atoms with E-state index in [0.717, 1.165) is 25.1 Å². The van der Waals surface area contributed by atoms with Gasteiger partial charge in [0.05, 0.1) is 12.2 Å². The van der Waals surface area contributed by atoms with Crippen LogP contribution < -0.4 is 10.1 Å². The number of hydrogen-bond acceptors (Lipinski definition) is 3. The molecular formula is C17H27NO2. The van der Waals surface area contributed by atoms with Gasteiger partial charge in [0.25, 0.3) is 0 Å². The van der Waals surface area contributed by atoms with Crippen molar-refractivity contribution in [3.8, 4) is 5.75 Å². The molecule has 0 bridgehead atoms. The molecule has 0 saturated carbocycles. The first-order valence-corrected chi connectivity index (χ1v) is 7.54. The zero-order chi connectivity index (χ0) is 14.6. The van der Waals surface area contributed by atoms with Gasteiger partial charge in [-0.15, -0.1) is 0 Å². The van der Waals surface area contributed by atoms with Crippen LogP contribution in [0.1, 0.15) is 46.1 Å². The summed E-state index contributed by atoms with van der Waals surface area (Å²) < 4.78 is 11.6. The monoisotopic (exact) mass is 277 g/mol. The topological polar surface area (TPSA) is 30.5 Å². The maximum atomic E-state index is 5.86. The average molecular weight is 277 g/mol. The predicted molar refractivity (Wildman–Crippen MR) is 82.1 cm³/mol. The molecule has 2 atom stereocenters. The number of rotatable bonds is 5. The summed E-state index contributed by atoms with van der Waals surface area (Å²) >= 11 is 0. The first-order chi connectivity index (χ1) is 9.42. The second-order valence-corrected chi connectivity index (χ2v) is 6.71. The van der Waals surface area contributed by atoms with Gasteiger partial charge in [-0.05, 0) is 58.2 Å². The fraction of sp³-hybridized carbons (Fsp3) is 0.647. The van der Waals surface area contributed by atoms with Crippen LogP contribution in [-0.2, 0) is 11.3 Å². The fourth-order valence-electron chi connectivity index (χ4n) is 2.31. The molecular weight excluding hydrogens is 250 g/mol. The maximum absolute atomic E-state index is 5.86. The van der Waals surface area contributed by atoms with E-state index in [1.54, 1.807) is 0 Å². The molecule has 20 heavy (non-hydrogen) atoms. The Morgan fingerprint density at radius 1 is 1.30 bits per heavy atom. The van der Waals surface area contributed by atoms with Crippen molar-refractivity contribution < 1.29 is 9.47 Å². The Kier molecular flexibility index (Phi) is 5.06. The molecule has 2 rings (SSSR count). The quantitative estimate of drug-likeness (QED) is 0.893. The van der Waals surface area contributed by atoms with Crippen molar-refractivity contribution in [2.75, 3.05) is 6.61 Å². The molecule has 1 aromatic rings. The van der Waals surface area contributed by atoms with Crippen molar-refractivity contribution in [3.05, 3.63) is 29.8 Å². The van der Waals surface area contributed by atoms with Gasteiger partial charge < -0.3 is 14.8 Å². The third kappa shape index (κ3) is 5.14. The van der Waals surface area contributed by atoms with Crippen molar-refractivity contribution in [2.45, 2.75) is 64.8 Å². The van der Waals surface area contributed by atoms with Gasteiger partial charge in [0.15, 0.2) is 0 Å². The van der Waals surface area contributed by atoms with Gasteiger partial charge in [0.2, 0.25) is 0 Å². The predicted octanol–water partition coefficient (Wildman–Crippen LogP) is 3.52. The summed E-state index contributed by atoms with van der Waals surface area (Å²) in [5, 5.41) is 3.49. The zero-order valence-electron chi connectivity index (χ0n) is 13.1. The second-order valence-electron chi connectivity index (χ2n) is 6.71. The van der Waals surface area contributed by atoms with Gasteiger partial charge >= 0.3 is 0 Å². The van der Waals surface area contributed by atoms with E-state index in [-0.39, 0.29) is 11.6 Å². The van der Waals surface area contributed by atoms with Gasteiger partial charge in [-0.3, -0.25) is 0 Å². The number of benzene rings is 1. The van der Waals surface area contributed by atoms with Crippen LogP contribution in [0.15, 0.2) is 24.3 Å².